The van der Waals surface area contributed by atoms with Crippen LogP contribution < -0.4 is 10.6 Å². The molecule has 2 heterocycles. The number of carbonyl (C=O) groups is 1. The van der Waals surface area contributed by atoms with Gasteiger partial charge in [0.2, 0.25) is 5.91 Å². The van der Waals surface area contributed by atoms with Crippen LogP contribution in [0.3, 0.4) is 0 Å². The van der Waals surface area contributed by atoms with E-state index in [0.717, 1.165) is 12.0 Å². The fourth-order valence-electron chi connectivity index (χ4n) is 1.62. The summed E-state index contributed by atoms with van der Waals surface area (Å²) < 4.78 is 0. The maximum atomic E-state index is 11.4. The quantitative estimate of drug-likeness (QED) is 0.842. The van der Waals surface area contributed by atoms with Crippen molar-refractivity contribution in [3.05, 3.63) is 42.2 Å². The third kappa shape index (κ3) is 4.31. The van der Waals surface area contributed by atoms with E-state index in [2.05, 4.69) is 25.8 Å². The molecule has 0 unspecified atom stereocenters. The first-order chi connectivity index (χ1) is 9.78. The lowest BCUT2D eigenvalue weighted by Gasteiger charge is -2.06. The van der Waals surface area contributed by atoms with Crippen LogP contribution in [0.2, 0.25) is 0 Å². The molecule has 2 rings (SSSR count). The monoisotopic (exact) mass is 271 g/mol. The average Bonchev–Trinajstić information content (AvgIpc) is 2.48. The zero-order chi connectivity index (χ0) is 14.2. The van der Waals surface area contributed by atoms with Gasteiger partial charge in [0, 0.05) is 25.4 Å². The topological polar surface area (TPSA) is 79.8 Å². The number of pyridine rings is 1. The second-order valence-corrected chi connectivity index (χ2v) is 4.32. The minimum atomic E-state index is -0.0436. The highest BCUT2D eigenvalue weighted by molar-refractivity contribution is 5.89. The number of carbonyl (C=O) groups excluding carboxylic acids is 1. The summed E-state index contributed by atoms with van der Waals surface area (Å²) in [7, 11) is 0. The fourth-order valence-corrected chi connectivity index (χ4v) is 1.62. The smallest absolute Gasteiger partial charge is 0.225 e. The minimum absolute atomic E-state index is 0.0436. The number of nitrogens with zero attached hydrogens (tertiary/aromatic N) is 3. The summed E-state index contributed by atoms with van der Waals surface area (Å²) in [5, 5.41) is 13.8. The van der Waals surface area contributed by atoms with E-state index in [1.165, 1.54) is 0 Å². The van der Waals surface area contributed by atoms with Gasteiger partial charge in [0.25, 0.3) is 0 Å². The number of aromatic nitrogens is 3. The molecule has 0 bridgehead atoms. The molecule has 0 saturated carbocycles. The van der Waals surface area contributed by atoms with Crippen LogP contribution in [0.1, 0.15) is 25.3 Å². The average molecular weight is 271 g/mol. The van der Waals surface area contributed by atoms with Crippen LogP contribution in [-0.2, 0) is 11.3 Å². The maximum absolute atomic E-state index is 11.4. The molecule has 0 aliphatic heterocycles. The number of anilines is 2. The van der Waals surface area contributed by atoms with Crippen molar-refractivity contribution < 1.29 is 4.79 Å². The van der Waals surface area contributed by atoms with Crippen LogP contribution in [-0.4, -0.2) is 21.1 Å². The van der Waals surface area contributed by atoms with E-state index in [9.17, 15) is 4.79 Å². The predicted octanol–water partition coefficient (Wildman–Crippen LogP) is 2.22. The van der Waals surface area contributed by atoms with Gasteiger partial charge in [0.15, 0.2) is 5.82 Å². The lowest BCUT2D eigenvalue weighted by Crippen LogP contribution is -2.12. The largest absolute Gasteiger partial charge is 0.364 e. The molecule has 0 saturated heterocycles. The highest BCUT2D eigenvalue weighted by Gasteiger charge is 2.02. The van der Waals surface area contributed by atoms with Crippen molar-refractivity contribution in [1.82, 2.24) is 15.2 Å². The second kappa shape index (κ2) is 7.18. The third-order valence-electron chi connectivity index (χ3n) is 2.61. The van der Waals surface area contributed by atoms with Crippen molar-refractivity contribution in [2.75, 3.05) is 10.6 Å². The molecule has 0 atom stereocenters. The first kappa shape index (κ1) is 13.9. The molecule has 2 aromatic rings. The van der Waals surface area contributed by atoms with Gasteiger partial charge < -0.3 is 10.6 Å². The number of hydrogen-bond donors (Lipinski definition) is 2. The summed E-state index contributed by atoms with van der Waals surface area (Å²) in [6.45, 7) is 2.58. The predicted molar refractivity (Wildman–Crippen MR) is 77.1 cm³/mol. The zero-order valence-corrected chi connectivity index (χ0v) is 11.3. The number of rotatable bonds is 6. The normalized spacial score (nSPS) is 10.1. The lowest BCUT2D eigenvalue weighted by atomic mass is 10.3. The lowest BCUT2D eigenvalue weighted by molar-refractivity contribution is -0.116. The molecule has 6 heteroatoms. The van der Waals surface area contributed by atoms with Gasteiger partial charge in [-0.05, 0) is 30.2 Å². The van der Waals surface area contributed by atoms with Crippen LogP contribution >= 0.6 is 0 Å². The molecular formula is C14H17N5O. The Labute approximate surface area is 117 Å². The van der Waals surface area contributed by atoms with Crippen molar-refractivity contribution in [3.63, 3.8) is 0 Å². The van der Waals surface area contributed by atoms with E-state index in [1.54, 1.807) is 24.5 Å². The number of amides is 1. The molecule has 0 aliphatic rings. The molecule has 104 valence electrons. The molecule has 1 amide bonds. The van der Waals surface area contributed by atoms with E-state index in [1.807, 2.05) is 19.1 Å². The van der Waals surface area contributed by atoms with Crippen LogP contribution in [0.4, 0.5) is 11.6 Å². The molecule has 2 aromatic heterocycles. The van der Waals surface area contributed by atoms with Gasteiger partial charge in [-0.3, -0.25) is 9.78 Å². The van der Waals surface area contributed by atoms with Gasteiger partial charge in [-0.15, -0.1) is 10.2 Å². The first-order valence-electron chi connectivity index (χ1n) is 6.54. The van der Waals surface area contributed by atoms with Gasteiger partial charge in [-0.1, -0.05) is 13.0 Å². The zero-order valence-electron chi connectivity index (χ0n) is 11.3. The highest BCUT2D eigenvalue weighted by atomic mass is 16.1. The Balaban J connectivity index is 1.87. The summed E-state index contributed by atoms with van der Waals surface area (Å²) in [5.41, 5.74) is 1.06. The fraction of sp³-hybridized carbons (Fsp3) is 0.286. The van der Waals surface area contributed by atoms with E-state index >= 15 is 0 Å². The molecule has 6 nitrogen and oxygen atoms in total. The van der Waals surface area contributed by atoms with Crippen molar-refractivity contribution >= 4 is 17.5 Å². The molecular weight excluding hydrogens is 254 g/mol. The van der Waals surface area contributed by atoms with Crippen molar-refractivity contribution in [1.29, 1.82) is 0 Å². The van der Waals surface area contributed by atoms with E-state index in [4.69, 9.17) is 0 Å². The van der Waals surface area contributed by atoms with Gasteiger partial charge >= 0.3 is 0 Å². The molecule has 0 fully saturated rings. The molecule has 0 aliphatic carbocycles. The SMILES string of the molecule is CCCC(=O)Nc1ccc(NCc2cccnc2)nn1. The summed E-state index contributed by atoms with van der Waals surface area (Å²) >= 11 is 0. The van der Waals surface area contributed by atoms with Crippen LogP contribution in [0, 0.1) is 0 Å². The Morgan fingerprint density at radius 1 is 1.20 bits per heavy atom. The summed E-state index contributed by atoms with van der Waals surface area (Å²) in [6.07, 6.45) is 4.82. The van der Waals surface area contributed by atoms with Crippen LogP contribution in [0.5, 0.6) is 0 Å². The van der Waals surface area contributed by atoms with Gasteiger partial charge in [-0.25, -0.2) is 0 Å². The first-order valence-corrected chi connectivity index (χ1v) is 6.54. The van der Waals surface area contributed by atoms with Crippen molar-refractivity contribution in [3.8, 4) is 0 Å². The number of nitrogens with one attached hydrogen (secondary N) is 2. The van der Waals surface area contributed by atoms with E-state index < -0.39 is 0 Å². The van der Waals surface area contributed by atoms with Gasteiger partial charge in [-0.2, -0.15) is 0 Å². The maximum Gasteiger partial charge on any atom is 0.225 e. The Morgan fingerprint density at radius 3 is 2.65 bits per heavy atom. The molecule has 0 radical (unpaired) electrons. The summed E-state index contributed by atoms with van der Waals surface area (Å²) in [5.74, 6) is 1.08. The van der Waals surface area contributed by atoms with Crippen molar-refractivity contribution in [2.24, 2.45) is 0 Å². The van der Waals surface area contributed by atoms with Gasteiger partial charge in [0.1, 0.15) is 5.82 Å². The van der Waals surface area contributed by atoms with Crippen molar-refractivity contribution in [2.45, 2.75) is 26.3 Å². The molecule has 0 spiro atoms. The Kier molecular flexibility index (Phi) is 5.00. The Bertz CT molecular complexity index is 541. The molecule has 2 N–H and O–H groups in total. The van der Waals surface area contributed by atoms with E-state index in [-0.39, 0.29) is 5.91 Å². The highest BCUT2D eigenvalue weighted by Crippen LogP contribution is 2.08. The van der Waals surface area contributed by atoms with Crippen LogP contribution in [0.25, 0.3) is 0 Å². The number of hydrogen-bond acceptors (Lipinski definition) is 5. The van der Waals surface area contributed by atoms with Gasteiger partial charge in [0.05, 0.1) is 0 Å². The summed E-state index contributed by atoms with van der Waals surface area (Å²) in [4.78, 5) is 15.4. The standard InChI is InChI=1S/C14H17N5O/c1-2-4-14(20)17-13-7-6-12(18-19-13)16-10-11-5-3-8-15-9-11/h3,5-9H,2,4,10H2,1H3,(H,16,18)(H,17,19,20). The second-order valence-electron chi connectivity index (χ2n) is 4.32. The Hall–Kier alpha value is -2.50. The molecule has 20 heavy (non-hydrogen) atoms. The van der Waals surface area contributed by atoms with Crippen LogP contribution in [0.15, 0.2) is 36.7 Å². The summed E-state index contributed by atoms with van der Waals surface area (Å²) in [6, 6.07) is 7.37. The third-order valence-corrected chi connectivity index (χ3v) is 2.61. The minimum Gasteiger partial charge on any atom is -0.364 e. The van der Waals surface area contributed by atoms with E-state index in [0.29, 0.717) is 24.6 Å². The Morgan fingerprint density at radius 2 is 2.00 bits per heavy atom. The molecule has 0 aromatic carbocycles.